The highest BCUT2D eigenvalue weighted by atomic mass is 127. The van der Waals surface area contributed by atoms with Gasteiger partial charge in [-0.15, -0.1) is 0 Å². The van der Waals surface area contributed by atoms with Gasteiger partial charge in [0.1, 0.15) is 46.3 Å². The first kappa shape index (κ1) is 129. The molecule has 42 heteroatoms. The maximum absolute atomic E-state index is 12.3. The van der Waals surface area contributed by atoms with Crippen molar-refractivity contribution in [3.05, 3.63) is 379 Å². The number of aromatic hydroxyl groups is 4. The lowest BCUT2D eigenvalue weighted by atomic mass is 10.1. The molecule has 0 saturated heterocycles. The van der Waals surface area contributed by atoms with Crippen LogP contribution in [-0.4, -0.2) is 81.7 Å². The van der Waals surface area contributed by atoms with Crippen LogP contribution in [0.1, 0.15) is 154 Å². The van der Waals surface area contributed by atoms with Gasteiger partial charge in [0.25, 0.3) is 0 Å². The number of hydrogen-bond donors (Lipinski definition) is 16. The fraction of sp³-hybridized carbons (Fsp3) is 0.226. The molecule has 738 valence electrons. The third-order valence-electron chi connectivity index (χ3n) is 16.6. The van der Waals surface area contributed by atoms with E-state index in [4.69, 9.17) is 51.1 Å². The molecule has 135 heavy (non-hydrogen) atoms. The van der Waals surface area contributed by atoms with Crippen molar-refractivity contribution in [3.8, 4) is 23.0 Å². The summed E-state index contributed by atoms with van der Waals surface area (Å²) in [4.78, 5) is 0. The van der Waals surface area contributed by atoms with Crippen molar-refractivity contribution >= 4 is 226 Å². The van der Waals surface area contributed by atoms with Crippen molar-refractivity contribution in [2.24, 2.45) is 0 Å². The number of alkyl halides is 12. The van der Waals surface area contributed by atoms with Crippen LogP contribution in [0.5, 0.6) is 23.0 Å². The Morgan fingerprint density at radius 3 is 0.800 bits per heavy atom. The summed E-state index contributed by atoms with van der Waals surface area (Å²) < 4.78 is 203. The van der Waals surface area contributed by atoms with Gasteiger partial charge in [-0.1, -0.05) is 72.8 Å². The summed E-state index contributed by atoms with van der Waals surface area (Å²) in [5.41, 5.74) is 2.78. The van der Waals surface area contributed by atoms with Crippen LogP contribution < -0.4 is 0 Å². The Kier molecular flexibility index (Phi) is 61.8. The monoisotopic (exact) mass is 3030 g/mol. The van der Waals surface area contributed by atoms with Crippen LogP contribution in [-0.2, 0) is 71.0 Å². The maximum Gasteiger partial charge on any atom is 0.416 e. The number of rotatable bonds is 12. The summed E-state index contributed by atoms with van der Waals surface area (Å²) >= 11 is 21.0. The molecule has 12 rings (SSSR count). The van der Waals surface area contributed by atoms with Crippen molar-refractivity contribution in [3.63, 3.8) is 0 Å². The molecule has 12 aromatic carbocycles. The van der Waals surface area contributed by atoms with E-state index in [1.165, 1.54) is 62.6 Å². The van der Waals surface area contributed by atoms with E-state index in [0.717, 1.165) is 104 Å². The number of hydrogen-bond acceptors (Lipinski definition) is 16. The molecule has 0 aliphatic carbocycles. The van der Waals surface area contributed by atoms with Crippen molar-refractivity contribution in [1.29, 1.82) is 0 Å². The van der Waals surface area contributed by atoms with Crippen LogP contribution in [0.2, 0.25) is 0 Å². The molecule has 16 N–H and O–H groups in total. The lowest BCUT2D eigenvalue weighted by Gasteiger charge is -2.13. The first-order valence-corrected chi connectivity index (χ1v) is 48.9. The Morgan fingerprint density at radius 2 is 0.481 bits per heavy atom. The molecule has 0 bridgehead atoms. The van der Waals surface area contributed by atoms with Crippen LogP contribution in [0.4, 0.5) is 70.2 Å². The van der Waals surface area contributed by atoms with Gasteiger partial charge < -0.3 is 81.7 Å². The third kappa shape index (κ3) is 51.9. The molecule has 5 unspecified atom stereocenters. The fourth-order valence-electron chi connectivity index (χ4n) is 9.40. The summed E-state index contributed by atoms with van der Waals surface area (Å²) in [5, 5.41) is 144. The van der Waals surface area contributed by atoms with E-state index >= 15 is 0 Å². The normalized spacial score (nSPS) is 11.8. The second-order valence-electron chi connectivity index (χ2n) is 27.3. The average Bonchev–Trinajstić information content (AvgIpc) is 0.804. The predicted octanol–water partition coefficient (Wildman–Crippen LogP) is 26.5. The lowest BCUT2D eigenvalue weighted by molar-refractivity contribution is -0.143. The van der Waals surface area contributed by atoms with Crippen LogP contribution in [0.3, 0.4) is 0 Å². The van der Waals surface area contributed by atoms with Gasteiger partial charge in [-0.25, -0.2) is 17.6 Å². The zero-order valence-corrected chi connectivity index (χ0v) is 92.3. The van der Waals surface area contributed by atoms with Crippen LogP contribution in [0.25, 0.3) is 0 Å². The number of phenolic OH excluding ortho intramolecular Hbond substituents is 3. The van der Waals surface area contributed by atoms with Gasteiger partial charge >= 0.3 is 24.7 Å². The summed E-state index contributed by atoms with van der Waals surface area (Å²) in [6, 6.07) is 54.3. The largest absolute Gasteiger partial charge is 0.506 e. The number of aliphatic hydroxyl groups excluding tert-OH is 12. The third-order valence-corrected chi connectivity index (χ3v) is 24.2. The quantitative estimate of drug-likeness (QED) is 0.0399. The van der Waals surface area contributed by atoms with E-state index in [2.05, 4.69) is 90.4 Å². The molecule has 5 atom stereocenters. The molecule has 0 aliphatic rings. The fourth-order valence-corrected chi connectivity index (χ4v) is 17.7. The zero-order chi connectivity index (χ0) is 103. The van der Waals surface area contributed by atoms with Crippen LogP contribution in [0.15, 0.2) is 231 Å². The molecule has 12 aromatic rings. The van der Waals surface area contributed by atoms with Crippen molar-refractivity contribution in [2.75, 3.05) is 0 Å². The first-order chi connectivity index (χ1) is 62.7. The van der Waals surface area contributed by atoms with E-state index in [1.54, 1.807) is 88.4 Å². The molecular formula is C93H88F16I10O16. The molecule has 16 nitrogen and oxygen atoms in total. The van der Waals surface area contributed by atoms with Gasteiger partial charge in [-0.2, -0.15) is 52.7 Å². The van der Waals surface area contributed by atoms with E-state index in [0.29, 0.717) is 45.9 Å². The molecule has 0 radical (unpaired) electrons. The van der Waals surface area contributed by atoms with Crippen LogP contribution in [0, 0.1) is 59.0 Å². The molecule has 0 aromatic heterocycles. The highest BCUT2D eigenvalue weighted by Crippen LogP contribution is 2.39. The predicted molar refractivity (Wildman–Crippen MR) is 566 cm³/mol. The summed E-state index contributed by atoms with van der Waals surface area (Å²) in [5.74, 6) is -0.909. The number of halogens is 26. The van der Waals surface area contributed by atoms with Gasteiger partial charge in [0.15, 0.2) is 0 Å². The van der Waals surface area contributed by atoms with E-state index in [-0.39, 0.29) is 80.5 Å². The SMILES string of the molecule is CC(O)c1cc(I)c(O)c(I)c1.CC(O)c1cc(I)cc(I)c1O.CC(O)c1ccc(C(F)(F)F)cc1.CC(O)c1ccc(F)cc1.CC(O)c1ccc(I)cc1.OCc1cc(C(F)(F)F)cc(C(F)(F)F)c1.OCc1cc(F)cc(F)c1.OCc1cc(I)c(O)c(I)c1.OCc1cc(I)cc(I)c1O.OCc1ccc(C(F)(F)F)cc1.OCc1ccc(F)cc1.OCc1ccc(I)cc1. The first-order valence-electron chi connectivity index (χ1n) is 38.1. The Morgan fingerprint density at radius 1 is 0.222 bits per heavy atom. The van der Waals surface area contributed by atoms with Gasteiger partial charge in [-0.05, 0) is 468 Å². The van der Waals surface area contributed by atoms with Gasteiger partial charge in [0.05, 0.1) is 120 Å². The summed E-state index contributed by atoms with van der Waals surface area (Å²) in [7, 11) is 0. The van der Waals surface area contributed by atoms with E-state index in [1.807, 2.05) is 196 Å². The number of phenols is 4. The minimum atomic E-state index is -4.87. The molecule has 0 fully saturated rings. The Hall–Kier alpha value is -4.46. The van der Waals surface area contributed by atoms with Crippen molar-refractivity contribution < 1.29 is 152 Å². The van der Waals surface area contributed by atoms with E-state index < -0.39 is 95.2 Å². The van der Waals surface area contributed by atoms with Gasteiger partial charge in [0.2, 0.25) is 0 Å². The highest BCUT2D eigenvalue weighted by Gasteiger charge is 2.37. The molecule has 0 amide bonds. The minimum Gasteiger partial charge on any atom is -0.506 e. The highest BCUT2D eigenvalue weighted by molar-refractivity contribution is 14.1. The number of aliphatic hydroxyl groups is 12. The topological polar surface area (TPSA) is 324 Å². The van der Waals surface area contributed by atoms with Crippen molar-refractivity contribution in [1.82, 2.24) is 0 Å². The summed E-state index contributed by atoms with van der Waals surface area (Å²) in [6.07, 6.45) is -21.0. The van der Waals surface area contributed by atoms with Gasteiger partial charge in [0, 0.05) is 31.5 Å². The van der Waals surface area contributed by atoms with Crippen molar-refractivity contribution in [2.45, 2.75) is 136 Å². The Bertz CT molecular complexity index is 5290. The Balaban J connectivity index is 0.000000738. The smallest absolute Gasteiger partial charge is 0.416 e. The molecule has 0 aliphatic heterocycles. The molecule has 0 saturated carbocycles. The number of benzene rings is 12. The standard InChI is InChI=1S/C9H6F6O.C9H9F3O.C8H7F3O.C8H9FO.2C8H8I2O2.C8H9IO.C7H6F2O.C7H7FO.2C7H6I2O2.C7H7IO/c10-8(11,12)6-1-5(4-16)2-7(3-6)9(13,14)15;1-6(13)7-2-4-8(5-3-7)9(10,11)12;9-8(10,11)7-3-1-6(5-12)2-4-7;1-6(10)7-2-4-8(9)5-3-7;1-4(11)6-2-5(9)3-7(10)8(6)12;1-4(11)5-2-6(9)8(12)7(10)3-5;1-6(10)7-2-4-8(9)5-3-7;8-6-1-5(4-10)2-7(9)3-6;8-7-3-1-6(5-9)2-4-7;8-5-1-4(3-10)7(11)6(9)2-5;8-5-1-4(3-10)2-6(9)7(5)11;8-7-3-1-6(5-9)2-4-7/h1-3,16H,4H2;2-6,13H,1H3;1-4,12H,5H2;2-6,10H,1H3;2*2-4,11-12H,1H3;2-6,10H,1H3;1-3,10H,4H2;1-4,9H,5H2;2*1-2,10-11H,3H2;1-4,9H,5H2. The van der Waals surface area contributed by atoms with E-state index in [9.17, 15) is 101 Å². The molecular weight excluding hydrogens is 2950 g/mol. The Labute approximate surface area is 904 Å². The lowest BCUT2D eigenvalue weighted by Crippen LogP contribution is -2.11. The second-order valence-corrected chi connectivity index (χ2v) is 39.3. The second kappa shape index (κ2) is 64.9. The molecule has 0 heterocycles. The maximum atomic E-state index is 12.3. The average molecular weight is 3030 g/mol. The zero-order valence-electron chi connectivity index (χ0n) is 70.8. The van der Waals surface area contributed by atoms with Gasteiger partial charge in [-0.3, -0.25) is 0 Å². The minimum absolute atomic E-state index is 0.0131. The van der Waals surface area contributed by atoms with Crippen LogP contribution >= 0.6 is 226 Å². The summed E-state index contributed by atoms with van der Waals surface area (Å²) in [6.45, 7) is 6.82. The molecule has 0 spiro atoms.